The fourth-order valence-corrected chi connectivity index (χ4v) is 4.54. The third-order valence-corrected chi connectivity index (χ3v) is 6.84. The molecule has 11 nitrogen and oxygen atoms in total. The van der Waals surface area contributed by atoms with Gasteiger partial charge >= 0.3 is 11.9 Å². The molecule has 1 saturated heterocycles. The first kappa shape index (κ1) is 34.3. The maximum atomic E-state index is 15.0. The molecule has 42 heavy (non-hydrogen) atoms. The Balaban J connectivity index is 2.12. The van der Waals surface area contributed by atoms with Gasteiger partial charge in [-0.05, 0) is 37.2 Å². The standard InChI is InChI=1S/C29H40F2N4O7/c1-6-42-22(37)15-21(36)33-24(18(4)5)27(40)35-14-10-13-20(35)26(39)34-23(17(2)3)25(38)29(30,31)28(41)32-16-19-11-8-7-9-12-19/h7-9,11-12,17-18,20,23-24H,6,10,13-16H2,1-5H3,(H,32,41)(H,33,36)(H,34,39). The normalized spacial score (nSPS) is 16.5. The topological polar surface area (TPSA) is 151 Å². The average molecular weight is 595 g/mol. The summed E-state index contributed by atoms with van der Waals surface area (Å²) in [5.74, 6) is -12.1. The summed E-state index contributed by atoms with van der Waals surface area (Å²) in [6, 6.07) is 4.46. The predicted molar refractivity (Wildman–Crippen MR) is 148 cm³/mol. The molecule has 1 aliphatic rings. The Hall–Kier alpha value is -3.90. The number of amides is 4. The Bertz CT molecular complexity index is 1140. The highest BCUT2D eigenvalue weighted by molar-refractivity contribution is 6.10. The summed E-state index contributed by atoms with van der Waals surface area (Å²) in [7, 11) is 0. The number of carbonyl (C=O) groups is 6. The molecule has 0 bridgehead atoms. The van der Waals surface area contributed by atoms with Crippen molar-refractivity contribution in [3.63, 3.8) is 0 Å². The zero-order valence-electron chi connectivity index (χ0n) is 24.6. The van der Waals surface area contributed by atoms with Gasteiger partial charge in [-0.3, -0.25) is 28.8 Å². The number of likely N-dealkylation sites (tertiary alicyclic amines) is 1. The number of nitrogens with one attached hydrogen (secondary N) is 3. The zero-order chi connectivity index (χ0) is 31.6. The average Bonchev–Trinajstić information content (AvgIpc) is 3.43. The summed E-state index contributed by atoms with van der Waals surface area (Å²) in [6.07, 6.45) is 0.0372. The fraction of sp³-hybridized carbons (Fsp3) is 0.586. The lowest BCUT2D eigenvalue weighted by Crippen LogP contribution is -2.60. The molecule has 2 rings (SSSR count). The highest BCUT2D eigenvalue weighted by atomic mass is 19.3. The monoisotopic (exact) mass is 594 g/mol. The Morgan fingerprint density at radius 3 is 2.17 bits per heavy atom. The van der Waals surface area contributed by atoms with Crippen LogP contribution < -0.4 is 16.0 Å². The first-order chi connectivity index (χ1) is 19.7. The first-order valence-electron chi connectivity index (χ1n) is 14.0. The lowest BCUT2D eigenvalue weighted by Gasteiger charge is -2.32. The molecule has 0 spiro atoms. The first-order valence-corrected chi connectivity index (χ1v) is 14.0. The Morgan fingerprint density at radius 2 is 1.60 bits per heavy atom. The molecule has 3 N–H and O–H groups in total. The molecule has 1 aliphatic heterocycles. The van der Waals surface area contributed by atoms with Gasteiger partial charge < -0.3 is 25.6 Å². The molecule has 3 atom stereocenters. The molecule has 0 radical (unpaired) electrons. The zero-order valence-corrected chi connectivity index (χ0v) is 24.6. The van der Waals surface area contributed by atoms with Crippen molar-refractivity contribution in [3.05, 3.63) is 35.9 Å². The van der Waals surface area contributed by atoms with Crippen LogP contribution in [0.2, 0.25) is 0 Å². The van der Waals surface area contributed by atoms with Gasteiger partial charge in [0.15, 0.2) is 0 Å². The third-order valence-electron chi connectivity index (χ3n) is 6.84. The van der Waals surface area contributed by atoms with Crippen molar-refractivity contribution in [3.8, 4) is 0 Å². The van der Waals surface area contributed by atoms with Gasteiger partial charge in [0.05, 0.1) is 12.6 Å². The van der Waals surface area contributed by atoms with Gasteiger partial charge in [-0.15, -0.1) is 0 Å². The molecule has 1 aromatic carbocycles. The molecule has 1 heterocycles. The number of halogens is 2. The number of nitrogens with zero attached hydrogens (tertiary/aromatic N) is 1. The number of ketones is 1. The summed E-state index contributed by atoms with van der Waals surface area (Å²) in [4.78, 5) is 77.1. The van der Waals surface area contributed by atoms with Crippen LogP contribution in [0.25, 0.3) is 0 Å². The number of rotatable bonds is 14. The second-order valence-corrected chi connectivity index (χ2v) is 10.8. The van der Waals surface area contributed by atoms with Crippen LogP contribution in [0, 0.1) is 11.8 Å². The van der Waals surface area contributed by atoms with E-state index in [2.05, 4.69) is 16.0 Å². The van der Waals surface area contributed by atoms with Gasteiger partial charge in [0.2, 0.25) is 23.5 Å². The van der Waals surface area contributed by atoms with E-state index in [1.165, 1.54) is 18.7 Å². The van der Waals surface area contributed by atoms with Crippen molar-refractivity contribution in [2.75, 3.05) is 13.2 Å². The van der Waals surface area contributed by atoms with Gasteiger partial charge in [-0.1, -0.05) is 58.0 Å². The SMILES string of the molecule is CCOC(=O)CC(=O)NC(C(=O)N1CCCC1C(=O)NC(C(=O)C(F)(F)C(=O)NCc1ccccc1)C(C)C)C(C)C. The van der Waals surface area contributed by atoms with Crippen molar-refractivity contribution in [1.29, 1.82) is 0 Å². The minimum Gasteiger partial charge on any atom is -0.466 e. The molecule has 3 unspecified atom stereocenters. The molecule has 0 saturated carbocycles. The number of carbonyl (C=O) groups excluding carboxylic acids is 6. The smallest absolute Gasteiger partial charge is 0.383 e. The van der Waals surface area contributed by atoms with E-state index in [0.717, 1.165) is 0 Å². The second-order valence-electron chi connectivity index (χ2n) is 10.8. The van der Waals surface area contributed by atoms with Crippen LogP contribution in [0.5, 0.6) is 0 Å². The van der Waals surface area contributed by atoms with Crippen LogP contribution in [-0.2, 0) is 40.0 Å². The van der Waals surface area contributed by atoms with E-state index < -0.39 is 77.7 Å². The molecule has 1 fully saturated rings. The highest BCUT2D eigenvalue weighted by Gasteiger charge is 2.51. The molecule has 0 aliphatic carbocycles. The minimum absolute atomic E-state index is 0.0907. The summed E-state index contributed by atoms with van der Waals surface area (Å²) >= 11 is 0. The van der Waals surface area contributed by atoms with E-state index in [4.69, 9.17) is 4.74 Å². The summed E-state index contributed by atoms with van der Waals surface area (Å²) in [6.45, 7) is 7.88. The predicted octanol–water partition coefficient (Wildman–Crippen LogP) is 1.73. The van der Waals surface area contributed by atoms with E-state index >= 15 is 0 Å². The van der Waals surface area contributed by atoms with E-state index in [-0.39, 0.29) is 26.1 Å². The van der Waals surface area contributed by atoms with E-state index in [9.17, 15) is 37.5 Å². The van der Waals surface area contributed by atoms with E-state index in [0.29, 0.717) is 12.0 Å². The maximum absolute atomic E-state index is 15.0. The van der Waals surface area contributed by atoms with Gasteiger partial charge in [0.25, 0.3) is 5.91 Å². The lowest BCUT2D eigenvalue weighted by molar-refractivity contribution is -0.161. The molecule has 1 aromatic rings. The molecule has 13 heteroatoms. The fourth-order valence-electron chi connectivity index (χ4n) is 4.54. The molecular weight excluding hydrogens is 554 g/mol. The van der Waals surface area contributed by atoms with E-state index in [1.807, 2.05) is 0 Å². The lowest BCUT2D eigenvalue weighted by atomic mass is 9.94. The molecule has 232 valence electrons. The summed E-state index contributed by atoms with van der Waals surface area (Å²) in [5, 5.41) is 6.91. The minimum atomic E-state index is -4.42. The van der Waals surface area contributed by atoms with Gasteiger partial charge in [-0.2, -0.15) is 8.78 Å². The number of alkyl halides is 2. The molecular formula is C29H40F2N4O7. The van der Waals surface area contributed by atoms with Crippen molar-refractivity contribution >= 4 is 35.4 Å². The number of ether oxygens (including phenoxy) is 1. The molecule has 4 amide bonds. The molecule has 0 aromatic heterocycles. The van der Waals surface area contributed by atoms with Crippen molar-refractivity contribution in [2.24, 2.45) is 11.8 Å². The van der Waals surface area contributed by atoms with Crippen molar-refractivity contribution in [2.45, 2.75) is 84.5 Å². The Kier molecular flexibility index (Phi) is 12.5. The Morgan fingerprint density at radius 1 is 0.976 bits per heavy atom. The van der Waals surface area contributed by atoms with Crippen LogP contribution >= 0.6 is 0 Å². The van der Waals surface area contributed by atoms with Crippen LogP contribution in [0.4, 0.5) is 8.78 Å². The highest BCUT2D eigenvalue weighted by Crippen LogP contribution is 2.24. The van der Waals surface area contributed by atoms with Crippen LogP contribution in [-0.4, -0.2) is 77.5 Å². The number of esters is 1. The van der Waals surface area contributed by atoms with Gasteiger partial charge in [0.1, 0.15) is 18.5 Å². The van der Waals surface area contributed by atoms with Crippen molar-refractivity contribution < 1.29 is 42.3 Å². The summed E-state index contributed by atoms with van der Waals surface area (Å²) in [5.41, 5.74) is 0.561. The number of hydrogen-bond acceptors (Lipinski definition) is 7. The maximum Gasteiger partial charge on any atom is 0.383 e. The number of Topliss-reactive ketones (excluding diaryl/α,β-unsaturated/α-hetero) is 1. The second kappa shape index (κ2) is 15.4. The largest absolute Gasteiger partial charge is 0.466 e. The van der Waals surface area contributed by atoms with Crippen molar-refractivity contribution in [1.82, 2.24) is 20.9 Å². The number of benzene rings is 1. The van der Waals surface area contributed by atoms with Crippen LogP contribution in [0.3, 0.4) is 0 Å². The number of hydrogen-bond donors (Lipinski definition) is 3. The van der Waals surface area contributed by atoms with E-state index in [1.54, 1.807) is 51.1 Å². The van der Waals surface area contributed by atoms with Gasteiger partial charge in [0, 0.05) is 13.1 Å². The van der Waals surface area contributed by atoms with Crippen LogP contribution in [0.15, 0.2) is 30.3 Å². The third kappa shape index (κ3) is 9.05. The quantitative estimate of drug-likeness (QED) is 0.219. The summed E-state index contributed by atoms with van der Waals surface area (Å²) < 4.78 is 34.7. The van der Waals surface area contributed by atoms with Gasteiger partial charge in [-0.25, -0.2) is 0 Å². The Labute approximate surface area is 244 Å². The van der Waals surface area contributed by atoms with Crippen LogP contribution in [0.1, 0.15) is 59.4 Å².